The average Bonchev–Trinajstić information content (AvgIpc) is 3.65. The zero-order valence-corrected chi connectivity index (χ0v) is 24.1. The van der Waals surface area contributed by atoms with Crippen molar-refractivity contribution in [2.75, 3.05) is 0 Å². The van der Waals surface area contributed by atoms with Gasteiger partial charge in [-0.05, 0) is 20.8 Å². The van der Waals surface area contributed by atoms with Gasteiger partial charge in [0.25, 0.3) is 0 Å². The second-order valence-electron chi connectivity index (χ2n) is 9.93. The maximum atomic E-state index is 13.3. The smallest absolute Gasteiger partial charge is 0.326 e. The molecule has 2 rings (SSSR count). The monoisotopic (exact) mass is 620 g/mol. The summed E-state index contributed by atoms with van der Waals surface area (Å²) in [5.74, 6) is -6.96. The van der Waals surface area contributed by atoms with Gasteiger partial charge in [-0.2, -0.15) is 0 Å². The van der Waals surface area contributed by atoms with E-state index >= 15 is 0 Å². The molecule has 19 nitrogen and oxygen atoms in total. The second-order valence-corrected chi connectivity index (χ2v) is 9.93. The van der Waals surface area contributed by atoms with Crippen molar-refractivity contribution in [3.63, 3.8) is 0 Å². The molecule has 0 aromatic carbocycles. The lowest BCUT2D eigenvalue weighted by molar-refractivity contribution is -0.147. The van der Waals surface area contributed by atoms with Gasteiger partial charge >= 0.3 is 11.9 Å². The minimum Gasteiger partial charge on any atom is -0.481 e. The summed E-state index contributed by atoms with van der Waals surface area (Å²) in [7, 11) is 0. The molecule has 0 radical (unpaired) electrons. The molecule has 2 aromatic rings. The van der Waals surface area contributed by atoms with Gasteiger partial charge in [0.1, 0.15) is 30.2 Å². The molecule has 19 heteroatoms. The van der Waals surface area contributed by atoms with Crippen molar-refractivity contribution >= 4 is 41.5 Å². The van der Waals surface area contributed by atoms with Crippen LogP contribution in [-0.2, 0) is 46.4 Å². The van der Waals surface area contributed by atoms with E-state index in [-0.39, 0.29) is 12.8 Å². The van der Waals surface area contributed by atoms with E-state index in [1.165, 1.54) is 45.8 Å². The molecule has 6 atom stereocenters. The fourth-order valence-electron chi connectivity index (χ4n) is 3.68. The van der Waals surface area contributed by atoms with Gasteiger partial charge in [0, 0.05) is 36.6 Å². The number of aromatic amines is 2. The first-order chi connectivity index (χ1) is 20.7. The van der Waals surface area contributed by atoms with Crippen LogP contribution in [0.15, 0.2) is 25.0 Å². The van der Waals surface area contributed by atoms with Crippen LogP contribution in [0, 0.1) is 0 Å². The Hall–Kier alpha value is -5.33. The number of hydrogen-bond acceptors (Lipinski definition) is 10. The normalized spacial score (nSPS) is 14.9. The van der Waals surface area contributed by atoms with Crippen LogP contribution in [0.5, 0.6) is 0 Å². The van der Waals surface area contributed by atoms with Crippen LogP contribution in [0.25, 0.3) is 0 Å². The minimum absolute atomic E-state index is 0.00332. The molecule has 44 heavy (non-hydrogen) atoms. The number of nitrogens with one attached hydrogen (secondary N) is 7. The highest BCUT2D eigenvalue weighted by Gasteiger charge is 2.31. The number of carboxylic acids is 2. The van der Waals surface area contributed by atoms with E-state index in [0.717, 1.165) is 0 Å². The molecule has 0 aliphatic carbocycles. The highest BCUT2D eigenvalue weighted by molar-refractivity contribution is 5.96. The van der Waals surface area contributed by atoms with E-state index in [1.54, 1.807) is 0 Å². The standard InChI is InChI=1S/C25H36N10O9/c1-11(26)20(38)33-17(5-15-8-28-10-30-15)24(42)34-16(4-14-7-27-9-29-14)23(41)32-12(2)21(39)31-13(3)22(40)35-18(25(43)44)6-19(36)37/h7-13,16-18H,4-6,26H2,1-3H3,(H,27,29)(H,28,30)(H,31,39)(H,32,41)(H,33,38)(H,34,42)(H,35,40)(H,36,37)(H,43,44). The van der Waals surface area contributed by atoms with E-state index in [4.69, 9.17) is 15.9 Å². The van der Waals surface area contributed by atoms with Gasteiger partial charge in [-0.15, -0.1) is 0 Å². The molecule has 0 aliphatic rings. The molecular formula is C25H36N10O9. The number of aliphatic carboxylic acids is 2. The van der Waals surface area contributed by atoms with Crippen LogP contribution in [0.2, 0.25) is 0 Å². The molecule has 6 unspecified atom stereocenters. The molecule has 2 heterocycles. The van der Waals surface area contributed by atoms with Crippen LogP contribution in [0.1, 0.15) is 38.6 Å². The molecule has 240 valence electrons. The summed E-state index contributed by atoms with van der Waals surface area (Å²) in [6, 6.07) is -7.60. The number of nitrogens with zero attached hydrogens (tertiary/aromatic N) is 2. The Morgan fingerprint density at radius 1 is 0.682 bits per heavy atom. The third-order valence-electron chi connectivity index (χ3n) is 6.13. The van der Waals surface area contributed by atoms with Gasteiger partial charge in [0.15, 0.2) is 0 Å². The number of carbonyl (C=O) groups excluding carboxylic acids is 5. The summed E-state index contributed by atoms with van der Waals surface area (Å²) >= 11 is 0. The number of H-pyrrole nitrogens is 2. The van der Waals surface area contributed by atoms with Crippen molar-refractivity contribution in [2.45, 2.75) is 76.3 Å². The molecule has 5 amide bonds. The van der Waals surface area contributed by atoms with Gasteiger partial charge in [-0.3, -0.25) is 28.8 Å². The first-order valence-electron chi connectivity index (χ1n) is 13.3. The molecule has 0 spiro atoms. The van der Waals surface area contributed by atoms with Crippen LogP contribution in [-0.4, -0.2) is 108 Å². The summed E-state index contributed by atoms with van der Waals surface area (Å²) in [6.07, 6.45) is 4.68. The molecule has 2 aromatic heterocycles. The average molecular weight is 621 g/mol. The number of carboxylic acid groups (broad SMARTS) is 2. The maximum absolute atomic E-state index is 13.3. The van der Waals surface area contributed by atoms with Crippen molar-refractivity contribution in [1.29, 1.82) is 0 Å². The van der Waals surface area contributed by atoms with E-state index in [9.17, 15) is 33.6 Å². The van der Waals surface area contributed by atoms with Crippen molar-refractivity contribution in [3.8, 4) is 0 Å². The fourth-order valence-corrected chi connectivity index (χ4v) is 3.68. The van der Waals surface area contributed by atoms with Gasteiger partial charge in [-0.25, -0.2) is 14.8 Å². The zero-order chi connectivity index (χ0) is 33.0. The first-order valence-corrected chi connectivity index (χ1v) is 13.3. The highest BCUT2D eigenvalue weighted by Crippen LogP contribution is 2.04. The summed E-state index contributed by atoms with van der Waals surface area (Å²) in [6.45, 7) is 3.98. The molecule has 11 N–H and O–H groups in total. The van der Waals surface area contributed by atoms with Gasteiger partial charge in [-0.1, -0.05) is 0 Å². The van der Waals surface area contributed by atoms with Crippen LogP contribution >= 0.6 is 0 Å². The van der Waals surface area contributed by atoms with Crippen molar-refractivity contribution in [3.05, 3.63) is 36.4 Å². The third-order valence-corrected chi connectivity index (χ3v) is 6.13. The van der Waals surface area contributed by atoms with Crippen molar-refractivity contribution < 1.29 is 43.8 Å². The molecule has 0 saturated carbocycles. The van der Waals surface area contributed by atoms with Crippen molar-refractivity contribution in [2.24, 2.45) is 5.73 Å². The number of aromatic nitrogens is 4. The van der Waals surface area contributed by atoms with Gasteiger partial charge in [0.2, 0.25) is 29.5 Å². The Morgan fingerprint density at radius 3 is 1.50 bits per heavy atom. The Balaban J connectivity index is 2.11. The number of imidazole rings is 2. The van der Waals surface area contributed by atoms with Gasteiger partial charge < -0.3 is 52.5 Å². The fraction of sp³-hybridized carbons (Fsp3) is 0.480. The minimum atomic E-state index is -1.72. The maximum Gasteiger partial charge on any atom is 0.326 e. The molecule has 0 bridgehead atoms. The largest absolute Gasteiger partial charge is 0.481 e. The lowest BCUT2D eigenvalue weighted by Gasteiger charge is -2.25. The summed E-state index contributed by atoms with van der Waals surface area (Å²) in [5.41, 5.74) is 6.62. The topological polar surface area (TPSA) is 303 Å². The predicted octanol–water partition coefficient (Wildman–Crippen LogP) is -3.71. The van der Waals surface area contributed by atoms with E-state index in [1.807, 2.05) is 5.32 Å². The third kappa shape index (κ3) is 11.2. The van der Waals surface area contributed by atoms with Crippen LogP contribution < -0.4 is 32.3 Å². The summed E-state index contributed by atoms with van der Waals surface area (Å²) in [5, 5.41) is 29.8. The Kier molecular flexibility index (Phi) is 13.0. The van der Waals surface area contributed by atoms with Crippen molar-refractivity contribution in [1.82, 2.24) is 46.5 Å². The number of hydrogen-bond donors (Lipinski definition) is 10. The molecular weight excluding hydrogens is 584 g/mol. The number of nitrogens with two attached hydrogens (primary N) is 1. The number of carbonyl (C=O) groups is 7. The lowest BCUT2D eigenvalue weighted by Crippen LogP contribution is -2.59. The zero-order valence-electron chi connectivity index (χ0n) is 24.1. The van der Waals surface area contributed by atoms with E-state index < -0.39 is 84.1 Å². The van der Waals surface area contributed by atoms with E-state index in [2.05, 4.69) is 41.2 Å². The Bertz CT molecular complexity index is 1310. The van der Waals surface area contributed by atoms with E-state index in [0.29, 0.717) is 11.4 Å². The van der Waals surface area contributed by atoms with Crippen LogP contribution in [0.4, 0.5) is 0 Å². The predicted molar refractivity (Wildman–Crippen MR) is 149 cm³/mol. The Labute approximate surface area is 250 Å². The summed E-state index contributed by atoms with van der Waals surface area (Å²) < 4.78 is 0. The van der Waals surface area contributed by atoms with Crippen LogP contribution in [0.3, 0.4) is 0 Å². The number of rotatable bonds is 17. The molecule has 0 aliphatic heterocycles. The lowest BCUT2D eigenvalue weighted by atomic mass is 10.1. The number of amides is 5. The first kappa shape index (κ1) is 34.9. The second kappa shape index (κ2) is 16.3. The summed E-state index contributed by atoms with van der Waals surface area (Å²) in [4.78, 5) is 99.5. The molecule has 0 saturated heterocycles. The highest BCUT2D eigenvalue weighted by atomic mass is 16.4. The molecule has 0 fully saturated rings. The quantitative estimate of drug-likeness (QED) is 0.0817. The Morgan fingerprint density at radius 2 is 1.09 bits per heavy atom. The SMILES string of the molecule is CC(N)C(=O)NC(Cc1cnc[nH]1)C(=O)NC(Cc1cnc[nH]1)C(=O)NC(C)C(=O)NC(C)C(=O)NC(CC(=O)O)C(=O)O. The van der Waals surface area contributed by atoms with Gasteiger partial charge in [0.05, 0.1) is 25.1 Å².